The van der Waals surface area contributed by atoms with Crippen molar-refractivity contribution in [3.05, 3.63) is 70.2 Å². The fourth-order valence-corrected chi connectivity index (χ4v) is 2.44. The van der Waals surface area contributed by atoms with Crippen LogP contribution in [0.25, 0.3) is 0 Å². The molecule has 5 nitrogen and oxygen atoms in total. The molecule has 1 amide bonds. The molecule has 2 aromatic carbocycles. The lowest BCUT2D eigenvalue weighted by Gasteiger charge is -2.18. The molecule has 9 heteroatoms. The molecule has 0 saturated carbocycles. The molecule has 27 heavy (non-hydrogen) atoms. The maximum absolute atomic E-state index is 12.6. The number of aliphatic carboxylic acids is 1. The number of alkyl halides is 3. The van der Waals surface area contributed by atoms with Gasteiger partial charge in [-0.25, -0.2) is 4.79 Å². The minimum atomic E-state index is -4.54. The number of carboxylic acids is 1. The van der Waals surface area contributed by atoms with E-state index in [0.29, 0.717) is 10.6 Å². The molecule has 0 unspecified atom stereocenters. The van der Waals surface area contributed by atoms with E-state index >= 15 is 0 Å². The number of halogens is 4. The summed E-state index contributed by atoms with van der Waals surface area (Å²) in [6.45, 7) is 0. The van der Waals surface area contributed by atoms with Crippen LogP contribution in [0.5, 0.6) is 0 Å². The lowest BCUT2D eigenvalue weighted by Crippen LogP contribution is -2.44. The maximum atomic E-state index is 12.6. The number of amides is 1. The van der Waals surface area contributed by atoms with E-state index in [0.717, 1.165) is 24.3 Å². The van der Waals surface area contributed by atoms with Crippen molar-refractivity contribution >= 4 is 23.5 Å². The third-order valence-electron chi connectivity index (χ3n) is 3.77. The first-order chi connectivity index (χ1) is 12.6. The number of rotatable bonds is 6. The highest BCUT2D eigenvalue weighted by Gasteiger charge is 2.31. The Hall–Kier alpha value is -2.58. The fraction of sp³-hybridized carbons (Fsp3) is 0.222. The zero-order chi connectivity index (χ0) is 20.2. The van der Waals surface area contributed by atoms with Crippen molar-refractivity contribution < 1.29 is 33.0 Å². The molecule has 0 heterocycles. The van der Waals surface area contributed by atoms with E-state index in [2.05, 4.69) is 5.32 Å². The summed E-state index contributed by atoms with van der Waals surface area (Å²) in [5, 5.41) is 21.9. The zero-order valence-corrected chi connectivity index (χ0v) is 14.5. The molecule has 0 aliphatic rings. The molecule has 2 aromatic rings. The number of nitrogens with one attached hydrogen (secondary N) is 1. The van der Waals surface area contributed by atoms with Gasteiger partial charge in [-0.2, -0.15) is 13.2 Å². The van der Waals surface area contributed by atoms with Crippen LogP contribution in [-0.2, 0) is 22.2 Å². The van der Waals surface area contributed by atoms with Gasteiger partial charge in [-0.05, 0) is 35.4 Å². The van der Waals surface area contributed by atoms with E-state index in [1.807, 2.05) is 0 Å². The number of carbonyl (C=O) groups excluding carboxylic acids is 1. The van der Waals surface area contributed by atoms with Gasteiger partial charge >= 0.3 is 12.1 Å². The highest BCUT2D eigenvalue weighted by Crippen LogP contribution is 2.30. The molecule has 0 radical (unpaired) electrons. The van der Waals surface area contributed by atoms with Crippen LogP contribution in [0.1, 0.15) is 22.8 Å². The van der Waals surface area contributed by atoms with Crippen molar-refractivity contribution in [1.29, 1.82) is 0 Å². The van der Waals surface area contributed by atoms with Gasteiger partial charge in [0.1, 0.15) is 6.04 Å². The molecule has 0 aromatic heterocycles. The third kappa shape index (κ3) is 5.70. The van der Waals surface area contributed by atoms with Crippen molar-refractivity contribution in [2.45, 2.75) is 24.7 Å². The molecule has 144 valence electrons. The first-order valence-corrected chi connectivity index (χ1v) is 8.08. The van der Waals surface area contributed by atoms with Crippen LogP contribution >= 0.6 is 11.6 Å². The minimum absolute atomic E-state index is 0.0576. The summed E-state index contributed by atoms with van der Waals surface area (Å²) in [6.07, 6.45) is -6.41. The molecule has 0 saturated heterocycles. The number of carbonyl (C=O) groups is 2. The molecule has 0 bridgehead atoms. The zero-order valence-electron chi connectivity index (χ0n) is 13.7. The SMILES string of the molecule is O=C(N[C@H](Cc1ccc(Cl)cc1)C(=O)O)[C@@H](O)c1ccc(C(F)(F)F)cc1. The minimum Gasteiger partial charge on any atom is -0.480 e. The Kier molecular flexibility index (Phi) is 6.45. The summed E-state index contributed by atoms with van der Waals surface area (Å²) in [7, 11) is 0. The van der Waals surface area contributed by atoms with Crippen molar-refractivity contribution in [2.75, 3.05) is 0 Å². The summed E-state index contributed by atoms with van der Waals surface area (Å²) in [5.41, 5.74) is -0.419. The largest absolute Gasteiger partial charge is 0.480 e. The van der Waals surface area contributed by atoms with Crippen molar-refractivity contribution in [3.8, 4) is 0 Å². The molecule has 0 aliphatic heterocycles. The third-order valence-corrected chi connectivity index (χ3v) is 4.02. The second-order valence-corrected chi connectivity index (χ2v) is 6.19. The number of aliphatic hydroxyl groups is 1. The number of hydrogen-bond donors (Lipinski definition) is 3. The lowest BCUT2D eigenvalue weighted by molar-refractivity contribution is -0.143. The highest BCUT2D eigenvalue weighted by atomic mass is 35.5. The van der Waals surface area contributed by atoms with E-state index in [1.54, 1.807) is 24.3 Å². The van der Waals surface area contributed by atoms with Crippen LogP contribution in [0.4, 0.5) is 13.2 Å². The van der Waals surface area contributed by atoms with Crippen LogP contribution in [0.15, 0.2) is 48.5 Å². The standard InChI is InChI=1S/C18H15ClF3NO4/c19-13-7-1-10(2-8-13)9-14(17(26)27)23-16(25)15(24)11-3-5-12(6-4-11)18(20,21)22/h1-8,14-15,24H,9H2,(H,23,25)(H,26,27)/t14-,15+/m1/s1. The van der Waals surface area contributed by atoms with Crippen LogP contribution in [0.2, 0.25) is 5.02 Å². The van der Waals surface area contributed by atoms with Crippen LogP contribution in [-0.4, -0.2) is 28.1 Å². The topological polar surface area (TPSA) is 86.6 Å². The predicted octanol–water partition coefficient (Wildman–Crippen LogP) is 3.20. The van der Waals surface area contributed by atoms with Crippen LogP contribution < -0.4 is 5.32 Å². The molecule has 3 N–H and O–H groups in total. The Morgan fingerprint density at radius 1 is 1.04 bits per heavy atom. The van der Waals surface area contributed by atoms with E-state index in [-0.39, 0.29) is 12.0 Å². The van der Waals surface area contributed by atoms with Crippen LogP contribution in [0.3, 0.4) is 0 Å². The highest BCUT2D eigenvalue weighted by molar-refractivity contribution is 6.30. The summed E-state index contributed by atoms with van der Waals surface area (Å²) < 4.78 is 37.7. The number of aliphatic hydroxyl groups excluding tert-OH is 1. The first-order valence-electron chi connectivity index (χ1n) is 7.71. The first kappa shape index (κ1) is 20.7. The quantitative estimate of drug-likeness (QED) is 0.693. The predicted molar refractivity (Wildman–Crippen MR) is 91.1 cm³/mol. The van der Waals surface area contributed by atoms with Gasteiger partial charge in [0.05, 0.1) is 5.56 Å². The monoisotopic (exact) mass is 401 g/mol. The smallest absolute Gasteiger partial charge is 0.416 e. The van der Waals surface area contributed by atoms with Gasteiger partial charge in [0.15, 0.2) is 6.10 Å². The molecule has 0 fully saturated rings. The van der Waals surface area contributed by atoms with Gasteiger partial charge in [-0.3, -0.25) is 4.79 Å². The van der Waals surface area contributed by atoms with Gasteiger partial charge in [0.25, 0.3) is 5.91 Å². The van der Waals surface area contributed by atoms with Gasteiger partial charge in [-0.1, -0.05) is 35.9 Å². The average Bonchev–Trinajstić information content (AvgIpc) is 2.61. The summed E-state index contributed by atoms with van der Waals surface area (Å²) in [6, 6.07) is 8.37. The van der Waals surface area contributed by atoms with Crippen molar-refractivity contribution in [1.82, 2.24) is 5.32 Å². The second-order valence-electron chi connectivity index (χ2n) is 5.75. The van der Waals surface area contributed by atoms with Gasteiger partial charge in [-0.15, -0.1) is 0 Å². The van der Waals surface area contributed by atoms with Gasteiger partial charge in [0.2, 0.25) is 0 Å². The Labute approximate surface area is 157 Å². The molecule has 2 rings (SSSR count). The normalized spacial score (nSPS) is 13.7. The van der Waals surface area contributed by atoms with Gasteiger partial charge < -0.3 is 15.5 Å². The Morgan fingerprint density at radius 2 is 1.59 bits per heavy atom. The van der Waals surface area contributed by atoms with Gasteiger partial charge in [0, 0.05) is 11.4 Å². The fourth-order valence-electron chi connectivity index (χ4n) is 2.31. The second kappa shape index (κ2) is 8.41. The number of carboxylic acid groups (broad SMARTS) is 1. The Bertz CT molecular complexity index is 807. The maximum Gasteiger partial charge on any atom is 0.416 e. The molecular weight excluding hydrogens is 387 g/mol. The number of hydrogen-bond acceptors (Lipinski definition) is 3. The average molecular weight is 402 g/mol. The van der Waals surface area contributed by atoms with Crippen LogP contribution in [0, 0.1) is 0 Å². The van der Waals surface area contributed by atoms with Crippen molar-refractivity contribution in [2.24, 2.45) is 0 Å². The van der Waals surface area contributed by atoms with E-state index in [4.69, 9.17) is 11.6 Å². The molecule has 0 spiro atoms. The van der Waals surface area contributed by atoms with E-state index in [1.165, 1.54) is 0 Å². The van der Waals surface area contributed by atoms with E-state index < -0.39 is 35.8 Å². The van der Waals surface area contributed by atoms with E-state index in [9.17, 15) is 33.0 Å². The lowest BCUT2D eigenvalue weighted by atomic mass is 10.0. The Balaban J connectivity index is 2.07. The number of benzene rings is 2. The summed E-state index contributed by atoms with van der Waals surface area (Å²) >= 11 is 5.75. The molecule has 2 atom stereocenters. The molecular formula is C18H15ClF3NO4. The van der Waals surface area contributed by atoms with Crippen molar-refractivity contribution in [3.63, 3.8) is 0 Å². The summed E-state index contributed by atoms with van der Waals surface area (Å²) in [5.74, 6) is -2.35. The Morgan fingerprint density at radius 3 is 2.07 bits per heavy atom. The summed E-state index contributed by atoms with van der Waals surface area (Å²) in [4.78, 5) is 23.5. The molecule has 0 aliphatic carbocycles.